The van der Waals surface area contributed by atoms with Crippen LogP contribution < -0.4 is 10.6 Å². The van der Waals surface area contributed by atoms with E-state index in [1.165, 1.54) is 5.56 Å². The molecule has 2 aromatic carbocycles. The molecule has 1 amide bonds. The summed E-state index contributed by atoms with van der Waals surface area (Å²) in [5, 5.41) is 5.85. The van der Waals surface area contributed by atoms with Gasteiger partial charge >= 0.3 is 5.97 Å². The van der Waals surface area contributed by atoms with Crippen LogP contribution in [0.25, 0.3) is 0 Å². The van der Waals surface area contributed by atoms with E-state index >= 15 is 0 Å². The minimum Gasteiger partial charge on any atom is -0.467 e. The Kier molecular flexibility index (Phi) is 6.46. The normalized spacial score (nSPS) is 10.3. The Morgan fingerprint density at radius 3 is 2.50 bits per heavy atom. The highest BCUT2D eigenvalue weighted by Crippen LogP contribution is 2.18. The Balaban J connectivity index is 1.54. The zero-order chi connectivity index (χ0) is 19.8. The van der Waals surface area contributed by atoms with Gasteiger partial charge in [0.25, 0.3) is 5.91 Å². The van der Waals surface area contributed by atoms with Crippen LogP contribution in [0.4, 0.5) is 11.4 Å². The molecule has 0 saturated carbocycles. The van der Waals surface area contributed by atoms with E-state index in [9.17, 15) is 9.59 Å². The number of anilines is 2. The summed E-state index contributed by atoms with van der Waals surface area (Å²) in [6.45, 7) is 2.14. The Morgan fingerprint density at radius 2 is 1.79 bits per heavy atom. The molecule has 1 heterocycles. The van der Waals surface area contributed by atoms with Gasteiger partial charge in [0.05, 0.1) is 18.4 Å². The Bertz CT molecular complexity index is 918. The van der Waals surface area contributed by atoms with Crippen LogP contribution in [-0.4, -0.2) is 18.5 Å². The zero-order valence-electron chi connectivity index (χ0n) is 15.6. The fraction of sp³-hybridized carbons (Fsp3) is 0.182. The van der Waals surface area contributed by atoms with Gasteiger partial charge in [0.2, 0.25) is 0 Å². The molecule has 0 fully saturated rings. The number of nitrogens with one attached hydrogen (secondary N) is 2. The summed E-state index contributed by atoms with van der Waals surface area (Å²) in [7, 11) is 0. The van der Waals surface area contributed by atoms with Crippen molar-refractivity contribution in [3.63, 3.8) is 0 Å². The van der Waals surface area contributed by atoms with Crippen LogP contribution in [0.3, 0.4) is 0 Å². The second-order valence-corrected chi connectivity index (χ2v) is 6.15. The lowest BCUT2D eigenvalue weighted by Crippen LogP contribution is -2.21. The molecule has 0 bridgehead atoms. The minimum absolute atomic E-state index is 0.356. The molecule has 0 aliphatic carbocycles. The maximum atomic E-state index is 12.4. The number of benzene rings is 2. The number of carbonyl (C=O) groups is 2. The van der Waals surface area contributed by atoms with E-state index in [0.717, 1.165) is 12.2 Å². The number of amides is 1. The van der Waals surface area contributed by atoms with Gasteiger partial charge in [-0.05, 0) is 48.4 Å². The standard InChI is InChI=1S/C22H22N2O4/c1-2-16-9-11-17(12-10-16)24-21(25)15-28-22(26)19-7-3-4-8-20(19)23-14-18-6-5-13-27-18/h3-13,23H,2,14-15H2,1H3,(H,24,25). The molecule has 0 radical (unpaired) electrons. The van der Waals surface area contributed by atoms with Gasteiger partial charge < -0.3 is 19.8 Å². The molecule has 6 heteroatoms. The molecular formula is C22H22N2O4. The van der Waals surface area contributed by atoms with Gasteiger partial charge in [-0.15, -0.1) is 0 Å². The molecule has 144 valence electrons. The van der Waals surface area contributed by atoms with Crippen LogP contribution in [-0.2, 0) is 22.5 Å². The number of carbonyl (C=O) groups excluding carboxylic acids is 2. The third-order valence-corrected chi connectivity index (χ3v) is 4.16. The molecule has 28 heavy (non-hydrogen) atoms. The molecule has 0 unspecified atom stereocenters. The fourth-order valence-electron chi connectivity index (χ4n) is 2.64. The highest BCUT2D eigenvalue weighted by Gasteiger charge is 2.14. The number of ether oxygens (including phenoxy) is 1. The van der Waals surface area contributed by atoms with Crippen LogP contribution in [0.1, 0.15) is 28.6 Å². The van der Waals surface area contributed by atoms with Gasteiger partial charge in [-0.25, -0.2) is 4.79 Å². The SMILES string of the molecule is CCc1ccc(NC(=O)COC(=O)c2ccccc2NCc2ccco2)cc1. The van der Waals surface area contributed by atoms with Gasteiger partial charge in [-0.1, -0.05) is 31.2 Å². The molecule has 0 atom stereocenters. The Hall–Kier alpha value is -3.54. The molecule has 3 aromatic rings. The first-order valence-electron chi connectivity index (χ1n) is 9.07. The van der Waals surface area contributed by atoms with E-state index in [4.69, 9.17) is 9.15 Å². The highest BCUT2D eigenvalue weighted by atomic mass is 16.5. The maximum Gasteiger partial charge on any atom is 0.340 e. The summed E-state index contributed by atoms with van der Waals surface area (Å²) in [5.41, 5.74) is 2.82. The van der Waals surface area contributed by atoms with E-state index in [0.29, 0.717) is 23.5 Å². The van der Waals surface area contributed by atoms with Gasteiger partial charge in [-0.3, -0.25) is 4.79 Å². The van der Waals surface area contributed by atoms with Gasteiger partial charge in [0, 0.05) is 11.4 Å². The highest BCUT2D eigenvalue weighted by molar-refractivity contribution is 5.98. The molecule has 0 saturated heterocycles. The topological polar surface area (TPSA) is 80.6 Å². The van der Waals surface area contributed by atoms with E-state index in [1.54, 1.807) is 30.5 Å². The van der Waals surface area contributed by atoms with Crippen molar-refractivity contribution in [3.8, 4) is 0 Å². The third kappa shape index (κ3) is 5.23. The van der Waals surface area contributed by atoms with Crippen LogP contribution >= 0.6 is 0 Å². The van der Waals surface area contributed by atoms with Crippen molar-refractivity contribution in [1.29, 1.82) is 0 Å². The van der Waals surface area contributed by atoms with Crippen molar-refractivity contribution in [1.82, 2.24) is 0 Å². The predicted octanol–water partition coefficient (Wildman–Crippen LogP) is 4.25. The van der Waals surface area contributed by atoms with Crippen molar-refractivity contribution in [2.24, 2.45) is 0 Å². The van der Waals surface area contributed by atoms with Crippen molar-refractivity contribution in [2.75, 3.05) is 17.2 Å². The smallest absolute Gasteiger partial charge is 0.340 e. The first kappa shape index (κ1) is 19.2. The van der Waals surface area contributed by atoms with E-state index < -0.39 is 11.9 Å². The molecule has 1 aromatic heterocycles. The number of aryl methyl sites for hydroxylation is 1. The molecule has 3 rings (SSSR count). The quantitative estimate of drug-likeness (QED) is 0.573. The van der Waals surface area contributed by atoms with Gasteiger partial charge in [0.1, 0.15) is 5.76 Å². The van der Waals surface area contributed by atoms with Gasteiger partial charge in [-0.2, -0.15) is 0 Å². The van der Waals surface area contributed by atoms with E-state index in [2.05, 4.69) is 17.6 Å². The summed E-state index contributed by atoms with van der Waals surface area (Å²) in [6.07, 6.45) is 2.52. The second-order valence-electron chi connectivity index (χ2n) is 6.15. The van der Waals surface area contributed by atoms with Crippen molar-refractivity contribution < 1.29 is 18.7 Å². The molecule has 0 aliphatic heterocycles. The van der Waals surface area contributed by atoms with Gasteiger partial charge in [0.15, 0.2) is 6.61 Å². The van der Waals surface area contributed by atoms with E-state index in [1.807, 2.05) is 36.4 Å². The van der Waals surface area contributed by atoms with Crippen molar-refractivity contribution in [2.45, 2.75) is 19.9 Å². The lowest BCUT2D eigenvalue weighted by Gasteiger charge is -2.11. The monoisotopic (exact) mass is 378 g/mol. The number of rotatable bonds is 8. The first-order chi connectivity index (χ1) is 13.7. The molecule has 6 nitrogen and oxygen atoms in total. The summed E-state index contributed by atoms with van der Waals surface area (Å²) < 4.78 is 10.4. The van der Waals surface area contributed by atoms with Crippen LogP contribution in [0.15, 0.2) is 71.3 Å². The summed E-state index contributed by atoms with van der Waals surface area (Å²) in [4.78, 5) is 24.5. The third-order valence-electron chi connectivity index (χ3n) is 4.16. The largest absolute Gasteiger partial charge is 0.467 e. The molecule has 0 spiro atoms. The minimum atomic E-state index is -0.570. The predicted molar refractivity (Wildman–Crippen MR) is 107 cm³/mol. The molecule has 0 aliphatic rings. The fourth-order valence-corrected chi connectivity index (χ4v) is 2.64. The first-order valence-corrected chi connectivity index (χ1v) is 9.07. The lowest BCUT2D eigenvalue weighted by atomic mass is 10.1. The van der Waals surface area contributed by atoms with Crippen LogP contribution in [0.5, 0.6) is 0 Å². The Labute approximate surface area is 163 Å². The van der Waals surface area contributed by atoms with Crippen molar-refractivity contribution in [3.05, 3.63) is 83.8 Å². The second kappa shape index (κ2) is 9.41. The summed E-state index contributed by atoms with van der Waals surface area (Å²) in [6, 6.07) is 18.2. The summed E-state index contributed by atoms with van der Waals surface area (Å²) in [5.74, 6) is -0.214. The van der Waals surface area contributed by atoms with Crippen LogP contribution in [0, 0.1) is 0 Å². The molecular weight excluding hydrogens is 356 g/mol. The number of hydrogen-bond acceptors (Lipinski definition) is 5. The average Bonchev–Trinajstić information content (AvgIpc) is 3.25. The maximum absolute atomic E-state index is 12.4. The lowest BCUT2D eigenvalue weighted by molar-refractivity contribution is -0.119. The zero-order valence-corrected chi connectivity index (χ0v) is 15.6. The number of furan rings is 1. The number of esters is 1. The van der Waals surface area contributed by atoms with Crippen LogP contribution in [0.2, 0.25) is 0 Å². The summed E-state index contributed by atoms with van der Waals surface area (Å²) >= 11 is 0. The van der Waals surface area contributed by atoms with Crippen molar-refractivity contribution >= 4 is 23.3 Å². The number of hydrogen-bond donors (Lipinski definition) is 2. The average molecular weight is 378 g/mol. The number of para-hydroxylation sites is 1. The molecule has 2 N–H and O–H groups in total. The Morgan fingerprint density at radius 1 is 1.00 bits per heavy atom. The van der Waals surface area contributed by atoms with E-state index in [-0.39, 0.29) is 6.61 Å².